The number of carbonyl (C=O) groups is 1. The highest BCUT2D eigenvalue weighted by Gasteiger charge is 2.28. The van der Waals surface area contributed by atoms with Gasteiger partial charge in [0.25, 0.3) is 0 Å². The summed E-state index contributed by atoms with van der Waals surface area (Å²) in [5.74, 6) is 0.624. The maximum Gasteiger partial charge on any atom is 0.236 e. The van der Waals surface area contributed by atoms with E-state index in [1.54, 1.807) is 0 Å². The third kappa shape index (κ3) is 5.58. The number of benzene rings is 2. The lowest BCUT2D eigenvalue weighted by molar-refractivity contribution is -0.120. The summed E-state index contributed by atoms with van der Waals surface area (Å²) in [4.78, 5) is 12.2. The van der Waals surface area contributed by atoms with Crippen LogP contribution in [0.25, 0.3) is 0 Å². The highest BCUT2D eigenvalue weighted by molar-refractivity contribution is 7.92. The number of sulfonamides is 1. The second kappa shape index (κ2) is 9.73. The van der Waals surface area contributed by atoms with Crippen LogP contribution in [0.4, 0.5) is 5.69 Å². The van der Waals surface area contributed by atoms with E-state index in [0.717, 1.165) is 41.8 Å². The smallest absolute Gasteiger partial charge is 0.236 e. The van der Waals surface area contributed by atoms with E-state index in [-0.39, 0.29) is 18.2 Å². The molecule has 4 rings (SSSR count). The Morgan fingerprint density at radius 1 is 1.10 bits per heavy atom. The molecule has 0 spiro atoms. The zero-order valence-electron chi connectivity index (χ0n) is 17.8. The molecule has 31 heavy (non-hydrogen) atoms. The Bertz CT molecular complexity index is 1020. The number of para-hydroxylation sites is 1. The maximum atomic E-state index is 12.7. The Hall–Kier alpha value is -2.54. The average molecular weight is 443 g/mol. The standard InChI is InChI=1S/C24H30N2O4S/c27-24(13-12-19-6-5-10-22(18-19)30-21-8-2-3-9-21)25-15-17-31(28,29)26-16-14-20-7-1-4-11-23(20)26/h1,4-7,10-11,18,21H,2-3,8-9,12-17H2,(H,25,27). The van der Waals surface area contributed by atoms with Crippen molar-refractivity contribution in [3.05, 3.63) is 59.7 Å². The molecule has 1 N–H and O–H groups in total. The van der Waals surface area contributed by atoms with Crippen LogP contribution in [-0.2, 0) is 27.7 Å². The average Bonchev–Trinajstić information content (AvgIpc) is 3.42. The van der Waals surface area contributed by atoms with Gasteiger partial charge in [0, 0.05) is 19.5 Å². The third-order valence-electron chi connectivity index (χ3n) is 6.01. The lowest BCUT2D eigenvalue weighted by Crippen LogP contribution is -2.37. The molecule has 2 aromatic rings. The molecule has 2 aromatic carbocycles. The van der Waals surface area contributed by atoms with Gasteiger partial charge in [0.05, 0.1) is 17.5 Å². The summed E-state index contributed by atoms with van der Waals surface area (Å²) in [5.41, 5.74) is 2.86. The topological polar surface area (TPSA) is 75.7 Å². The number of carbonyl (C=O) groups excluding carboxylic acids is 1. The first kappa shape index (κ1) is 21.7. The number of aryl methyl sites for hydroxylation is 1. The van der Waals surface area contributed by atoms with Gasteiger partial charge in [-0.25, -0.2) is 8.42 Å². The molecule has 1 fully saturated rings. The number of anilines is 1. The SMILES string of the molecule is O=C(CCc1cccc(OC2CCCC2)c1)NCCS(=O)(=O)N1CCc2ccccc21. The predicted molar refractivity (Wildman–Crippen MR) is 122 cm³/mol. The van der Waals surface area contributed by atoms with Gasteiger partial charge in [-0.05, 0) is 67.9 Å². The zero-order valence-corrected chi connectivity index (χ0v) is 18.6. The van der Waals surface area contributed by atoms with Crippen LogP contribution in [0.2, 0.25) is 0 Å². The van der Waals surface area contributed by atoms with E-state index in [0.29, 0.717) is 25.5 Å². The van der Waals surface area contributed by atoms with Crippen molar-refractivity contribution in [3.63, 3.8) is 0 Å². The van der Waals surface area contributed by atoms with Crippen LogP contribution in [0.5, 0.6) is 5.75 Å². The summed E-state index contributed by atoms with van der Waals surface area (Å²) < 4.78 is 32.9. The largest absolute Gasteiger partial charge is 0.490 e. The molecular formula is C24H30N2O4S. The van der Waals surface area contributed by atoms with E-state index in [4.69, 9.17) is 4.74 Å². The Labute approximate surface area is 184 Å². The highest BCUT2D eigenvalue weighted by atomic mass is 32.2. The van der Waals surface area contributed by atoms with Crippen LogP contribution in [0.1, 0.15) is 43.2 Å². The van der Waals surface area contributed by atoms with Crippen LogP contribution >= 0.6 is 0 Å². The van der Waals surface area contributed by atoms with Crippen molar-refractivity contribution in [2.45, 2.75) is 51.0 Å². The van der Waals surface area contributed by atoms with Gasteiger partial charge in [-0.3, -0.25) is 9.10 Å². The molecule has 2 aliphatic rings. The van der Waals surface area contributed by atoms with Crippen molar-refractivity contribution in [2.75, 3.05) is 23.1 Å². The molecular weight excluding hydrogens is 412 g/mol. The molecule has 7 heteroatoms. The Kier molecular flexibility index (Phi) is 6.80. The molecule has 0 saturated heterocycles. The van der Waals surface area contributed by atoms with Crippen molar-refractivity contribution in [1.82, 2.24) is 5.32 Å². The molecule has 1 aliphatic carbocycles. The highest BCUT2D eigenvalue weighted by Crippen LogP contribution is 2.30. The number of rotatable bonds is 9. The number of hydrogen-bond donors (Lipinski definition) is 1. The van der Waals surface area contributed by atoms with Gasteiger partial charge in [-0.2, -0.15) is 0 Å². The normalized spacial score (nSPS) is 16.3. The zero-order chi connectivity index (χ0) is 21.7. The van der Waals surface area contributed by atoms with E-state index >= 15 is 0 Å². The lowest BCUT2D eigenvalue weighted by Gasteiger charge is -2.19. The second-order valence-corrected chi connectivity index (χ2v) is 10.3. The fraction of sp³-hybridized carbons (Fsp3) is 0.458. The van der Waals surface area contributed by atoms with E-state index in [1.165, 1.54) is 17.1 Å². The van der Waals surface area contributed by atoms with E-state index in [9.17, 15) is 13.2 Å². The van der Waals surface area contributed by atoms with Crippen molar-refractivity contribution in [1.29, 1.82) is 0 Å². The van der Waals surface area contributed by atoms with Gasteiger partial charge < -0.3 is 10.1 Å². The van der Waals surface area contributed by atoms with Crippen LogP contribution < -0.4 is 14.4 Å². The number of fused-ring (bicyclic) bond motifs is 1. The molecule has 1 saturated carbocycles. The quantitative estimate of drug-likeness (QED) is 0.645. The molecule has 0 unspecified atom stereocenters. The number of nitrogens with zero attached hydrogens (tertiary/aromatic N) is 1. The lowest BCUT2D eigenvalue weighted by atomic mass is 10.1. The monoisotopic (exact) mass is 442 g/mol. The van der Waals surface area contributed by atoms with Gasteiger partial charge in [0.15, 0.2) is 0 Å². The van der Waals surface area contributed by atoms with Gasteiger partial charge in [-0.15, -0.1) is 0 Å². The fourth-order valence-corrected chi connectivity index (χ4v) is 5.77. The number of nitrogens with one attached hydrogen (secondary N) is 1. The minimum absolute atomic E-state index is 0.0994. The van der Waals surface area contributed by atoms with Gasteiger partial charge in [0.1, 0.15) is 5.75 Å². The predicted octanol–water partition coefficient (Wildman–Crippen LogP) is 3.45. The minimum atomic E-state index is -3.45. The molecule has 1 amide bonds. The van der Waals surface area contributed by atoms with Crippen LogP contribution in [0, 0.1) is 0 Å². The van der Waals surface area contributed by atoms with Crippen molar-refractivity contribution in [3.8, 4) is 5.75 Å². The Balaban J connectivity index is 1.22. The maximum absolute atomic E-state index is 12.7. The van der Waals surface area contributed by atoms with Gasteiger partial charge in [0.2, 0.25) is 15.9 Å². The summed E-state index contributed by atoms with van der Waals surface area (Å²) in [6, 6.07) is 15.5. The van der Waals surface area contributed by atoms with Crippen LogP contribution in [-0.4, -0.2) is 39.3 Å². The summed E-state index contributed by atoms with van der Waals surface area (Å²) in [6.07, 6.45) is 6.62. The number of ether oxygens (including phenoxy) is 1. The first-order valence-electron chi connectivity index (χ1n) is 11.1. The van der Waals surface area contributed by atoms with Crippen LogP contribution in [0.15, 0.2) is 48.5 Å². The second-order valence-electron chi connectivity index (χ2n) is 8.29. The molecule has 0 radical (unpaired) electrons. The molecule has 0 aromatic heterocycles. The minimum Gasteiger partial charge on any atom is -0.490 e. The van der Waals surface area contributed by atoms with Crippen LogP contribution in [0.3, 0.4) is 0 Å². The first-order valence-corrected chi connectivity index (χ1v) is 12.7. The molecule has 166 valence electrons. The molecule has 0 bridgehead atoms. The number of amides is 1. The van der Waals surface area contributed by atoms with Gasteiger partial charge >= 0.3 is 0 Å². The summed E-state index contributed by atoms with van der Waals surface area (Å²) in [5, 5.41) is 2.75. The van der Waals surface area contributed by atoms with Crippen molar-refractivity contribution >= 4 is 21.6 Å². The summed E-state index contributed by atoms with van der Waals surface area (Å²) >= 11 is 0. The summed E-state index contributed by atoms with van der Waals surface area (Å²) in [7, 11) is -3.45. The fourth-order valence-electron chi connectivity index (χ4n) is 4.35. The number of hydrogen-bond acceptors (Lipinski definition) is 4. The van der Waals surface area contributed by atoms with Crippen molar-refractivity contribution in [2.24, 2.45) is 0 Å². The van der Waals surface area contributed by atoms with Crippen molar-refractivity contribution < 1.29 is 17.9 Å². The van der Waals surface area contributed by atoms with E-state index in [1.807, 2.05) is 48.5 Å². The first-order chi connectivity index (χ1) is 15.0. The van der Waals surface area contributed by atoms with Gasteiger partial charge in [-0.1, -0.05) is 30.3 Å². The molecule has 6 nitrogen and oxygen atoms in total. The molecule has 1 aliphatic heterocycles. The third-order valence-corrected chi connectivity index (χ3v) is 7.78. The molecule has 0 atom stereocenters. The summed E-state index contributed by atoms with van der Waals surface area (Å²) in [6.45, 7) is 0.583. The Morgan fingerprint density at radius 2 is 1.90 bits per heavy atom. The molecule has 1 heterocycles. The Morgan fingerprint density at radius 3 is 2.74 bits per heavy atom. The van der Waals surface area contributed by atoms with E-state index in [2.05, 4.69) is 5.32 Å². The van der Waals surface area contributed by atoms with E-state index < -0.39 is 10.0 Å².